The average Bonchev–Trinajstić information content (AvgIpc) is 2.98. The minimum atomic E-state index is -0.397. The summed E-state index contributed by atoms with van der Waals surface area (Å²) in [7, 11) is 0. The lowest BCUT2D eigenvalue weighted by atomic mass is 10.2. The predicted octanol–water partition coefficient (Wildman–Crippen LogP) is 2.07. The number of aromatic nitrogens is 4. The number of halogens is 2. The molecule has 0 aromatic carbocycles. The molecule has 0 radical (unpaired) electrons. The highest BCUT2D eigenvalue weighted by Crippen LogP contribution is 2.11. The first-order valence-corrected chi connectivity index (χ1v) is 8.21. The van der Waals surface area contributed by atoms with Gasteiger partial charge in [-0.25, -0.2) is 14.4 Å². The van der Waals surface area contributed by atoms with Gasteiger partial charge in [0.05, 0.1) is 23.6 Å². The Bertz CT molecular complexity index is 609. The van der Waals surface area contributed by atoms with E-state index < -0.39 is 5.82 Å². The second-order valence-electron chi connectivity index (χ2n) is 5.66. The maximum atomic E-state index is 12.8. The van der Waals surface area contributed by atoms with Crippen LogP contribution in [0, 0.1) is 5.82 Å². The topological polar surface area (TPSA) is 50.1 Å². The monoisotopic (exact) mass is 338 g/mol. The van der Waals surface area contributed by atoms with Crippen LogP contribution in [-0.2, 0) is 6.54 Å². The summed E-state index contributed by atoms with van der Waals surface area (Å²) < 4.78 is 14.7. The smallest absolute Gasteiger partial charge is 0.225 e. The van der Waals surface area contributed by atoms with Crippen molar-refractivity contribution in [2.24, 2.45) is 0 Å². The molecule has 124 valence electrons. The largest absolute Gasteiger partial charge is 0.338 e. The molecule has 3 rings (SSSR count). The second-order valence-corrected chi connectivity index (χ2v) is 6.10. The SMILES string of the molecule is Fc1cnc(N2CCN(CCCCn3cc(Cl)cn3)CC2)nc1. The molecule has 0 aliphatic carbocycles. The van der Waals surface area contributed by atoms with Gasteiger partial charge in [0.15, 0.2) is 5.82 Å². The van der Waals surface area contributed by atoms with Crippen molar-refractivity contribution in [2.75, 3.05) is 37.6 Å². The Kier molecular flexibility index (Phi) is 5.40. The van der Waals surface area contributed by atoms with E-state index in [1.54, 1.807) is 6.20 Å². The zero-order valence-electron chi connectivity index (χ0n) is 12.9. The van der Waals surface area contributed by atoms with Gasteiger partial charge >= 0.3 is 0 Å². The number of nitrogens with zero attached hydrogens (tertiary/aromatic N) is 6. The Morgan fingerprint density at radius 1 is 1.00 bits per heavy atom. The molecule has 6 nitrogen and oxygen atoms in total. The highest BCUT2D eigenvalue weighted by molar-refractivity contribution is 6.30. The van der Waals surface area contributed by atoms with Crippen LogP contribution in [-0.4, -0.2) is 57.4 Å². The average molecular weight is 339 g/mol. The van der Waals surface area contributed by atoms with E-state index in [0.29, 0.717) is 11.0 Å². The van der Waals surface area contributed by atoms with Crippen molar-refractivity contribution in [1.82, 2.24) is 24.6 Å². The fraction of sp³-hybridized carbons (Fsp3) is 0.533. The van der Waals surface area contributed by atoms with E-state index in [0.717, 1.165) is 52.1 Å². The van der Waals surface area contributed by atoms with Crippen LogP contribution in [0.1, 0.15) is 12.8 Å². The normalized spacial score (nSPS) is 16.0. The summed E-state index contributed by atoms with van der Waals surface area (Å²) in [5.74, 6) is 0.215. The first-order chi connectivity index (χ1) is 11.2. The van der Waals surface area contributed by atoms with Gasteiger partial charge in [0.25, 0.3) is 0 Å². The number of hydrogen-bond acceptors (Lipinski definition) is 5. The van der Waals surface area contributed by atoms with Crippen LogP contribution in [0.15, 0.2) is 24.8 Å². The van der Waals surface area contributed by atoms with Crippen LogP contribution >= 0.6 is 11.6 Å². The van der Waals surface area contributed by atoms with E-state index in [-0.39, 0.29) is 0 Å². The van der Waals surface area contributed by atoms with E-state index in [1.165, 1.54) is 12.4 Å². The Morgan fingerprint density at radius 3 is 2.35 bits per heavy atom. The number of unbranched alkanes of at least 4 members (excludes halogenated alkanes) is 1. The van der Waals surface area contributed by atoms with Crippen molar-refractivity contribution in [2.45, 2.75) is 19.4 Å². The maximum Gasteiger partial charge on any atom is 0.225 e. The number of anilines is 1. The third kappa shape index (κ3) is 4.62. The molecule has 2 aromatic rings. The van der Waals surface area contributed by atoms with Crippen LogP contribution in [0.3, 0.4) is 0 Å². The van der Waals surface area contributed by atoms with Gasteiger partial charge in [0.1, 0.15) is 0 Å². The van der Waals surface area contributed by atoms with Gasteiger partial charge < -0.3 is 4.90 Å². The van der Waals surface area contributed by atoms with Gasteiger partial charge in [0.2, 0.25) is 5.95 Å². The van der Waals surface area contributed by atoms with Crippen LogP contribution < -0.4 is 4.90 Å². The molecule has 2 aromatic heterocycles. The summed E-state index contributed by atoms with van der Waals surface area (Å²) in [6, 6.07) is 0. The summed E-state index contributed by atoms with van der Waals surface area (Å²) in [6.45, 7) is 5.69. The van der Waals surface area contributed by atoms with Gasteiger partial charge in [-0.1, -0.05) is 11.6 Å². The molecule has 0 atom stereocenters. The molecule has 0 spiro atoms. The molecular formula is C15H20ClFN6. The standard InChI is InChI=1S/C15H20ClFN6/c16-13-9-20-23(12-13)4-2-1-3-21-5-7-22(8-6-21)15-18-10-14(17)11-19-15/h9-12H,1-8H2. The first kappa shape index (κ1) is 16.1. The summed E-state index contributed by atoms with van der Waals surface area (Å²) >= 11 is 5.84. The Labute approximate surface area is 139 Å². The van der Waals surface area contributed by atoms with Crippen molar-refractivity contribution in [1.29, 1.82) is 0 Å². The summed E-state index contributed by atoms with van der Waals surface area (Å²) in [4.78, 5) is 12.6. The van der Waals surface area contributed by atoms with Crippen molar-refractivity contribution in [3.8, 4) is 0 Å². The van der Waals surface area contributed by atoms with Gasteiger partial charge in [-0.15, -0.1) is 0 Å². The minimum absolute atomic E-state index is 0.397. The summed E-state index contributed by atoms with van der Waals surface area (Å²) in [6.07, 6.45) is 8.16. The fourth-order valence-corrected chi connectivity index (χ4v) is 2.87. The van der Waals surface area contributed by atoms with Gasteiger partial charge in [-0.2, -0.15) is 5.10 Å². The van der Waals surface area contributed by atoms with E-state index in [4.69, 9.17) is 11.6 Å². The van der Waals surface area contributed by atoms with Crippen LogP contribution in [0.25, 0.3) is 0 Å². The molecule has 1 saturated heterocycles. The van der Waals surface area contributed by atoms with E-state index in [2.05, 4.69) is 24.9 Å². The van der Waals surface area contributed by atoms with Gasteiger partial charge in [0, 0.05) is 38.9 Å². The van der Waals surface area contributed by atoms with Crippen LogP contribution in [0.2, 0.25) is 5.02 Å². The van der Waals surface area contributed by atoms with E-state index in [9.17, 15) is 4.39 Å². The highest BCUT2D eigenvalue weighted by atomic mass is 35.5. The van der Waals surface area contributed by atoms with E-state index >= 15 is 0 Å². The van der Waals surface area contributed by atoms with Gasteiger partial charge in [-0.3, -0.25) is 9.58 Å². The molecule has 3 heterocycles. The number of piperazine rings is 1. The molecule has 8 heteroatoms. The van der Waals surface area contributed by atoms with Crippen LogP contribution in [0.5, 0.6) is 0 Å². The molecule has 0 unspecified atom stereocenters. The molecule has 0 bridgehead atoms. The van der Waals surface area contributed by atoms with Crippen molar-refractivity contribution >= 4 is 17.5 Å². The molecule has 1 aliphatic rings. The predicted molar refractivity (Wildman–Crippen MR) is 87.1 cm³/mol. The highest BCUT2D eigenvalue weighted by Gasteiger charge is 2.18. The Hall–Kier alpha value is -1.73. The third-order valence-electron chi connectivity index (χ3n) is 3.98. The zero-order valence-corrected chi connectivity index (χ0v) is 13.7. The molecular weight excluding hydrogens is 319 g/mol. The van der Waals surface area contributed by atoms with Crippen molar-refractivity contribution < 1.29 is 4.39 Å². The first-order valence-electron chi connectivity index (χ1n) is 7.83. The van der Waals surface area contributed by atoms with Gasteiger partial charge in [-0.05, 0) is 19.4 Å². The van der Waals surface area contributed by atoms with E-state index in [1.807, 2.05) is 10.9 Å². The lowest BCUT2D eigenvalue weighted by Crippen LogP contribution is -2.47. The number of hydrogen-bond donors (Lipinski definition) is 0. The maximum absolute atomic E-state index is 12.8. The lowest BCUT2D eigenvalue weighted by Gasteiger charge is -2.34. The molecule has 0 amide bonds. The molecule has 0 saturated carbocycles. The Balaban J connectivity index is 1.35. The van der Waals surface area contributed by atoms with Crippen molar-refractivity contribution in [3.05, 3.63) is 35.6 Å². The molecule has 0 N–H and O–H groups in total. The number of aryl methyl sites for hydroxylation is 1. The lowest BCUT2D eigenvalue weighted by molar-refractivity contribution is 0.249. The summed E-state index contributed by atoms with van der Waals surface area (Å²) in [5, 5.41) is 4.86. The van der Waals surface area contributed by atoms with Crippen LogP contribution in [0.4, 0.5) is 10.3 Å². The zero-order chi connectivity index (χ0) is 16.1. The Morgan fingerprint density at radius 2 is 1.70 bits per heavy atom. The van der Waals surface area contributed by atoms with Crippen molar-refractivity contribution in [3.63, 3.8) is 0 Å². The number of rotatable bonds is 6. The quantitative estimate of drug-likeness (QED) is 0.755. The fourth-order valence-electron chi connectivity index (χ4n) is 2.71. The molecule has 1 aliphatic heterocycles. The third-order valence-corrected chi connectivity index (χ3v) is 4.17. The summed E-state index contributed by atoms with van der Waals surface area (Å²) in [5.41, 5.74) is 0. The second kappa shape index (κ2) is 7.70. The molecule has 23 heavy (non-hydrogen) atoms. The molecule has 1 fully saturated rings. The minimum Gasteiger partial charge on any atom is -0.338 e.